The number of amides is 1. The molecule has 0 aliphatic heterocycles. The maximum atomic E-state index is 12.3. The number of unbranched alkanes of at least 4 members (excludes halogenated alkanes) is 1. The number of para-hydroxylation sites is 2. The van der Waals surface area contributed by atoms with Crippen molar-refractivity contribution in [3.8, 4) is 0 Å². The molecule has 6 heteroatoms. The van der Waals surface area contributed by atoms with Crippen molar-refractivity contribution in [2.45, 2.75) is 32.4 Å². The summed E-state index contributed by atoms with van der Waals surface area (Å²) in [6.45, 7) is 1.30. The molecule has 0 aliphatic carbocycles. The highest BCUT2D eigenvalue weighted by Crippen LogP contribution is 2.12. The second-order valence-electron chi connectivity index (χ2n) is 6.82. The predicted molar refractivity (Wildman–Crippen MR) is 109 cm³/mol. The van der Waals surface area contributed by atoms with E-state index in [0.29, 0.717) is 12.1 Å². The van der Waals surface area contributed by atoms with E-state index in [-0.39, 0.29) is 5.91 Å². The van der Waals surface area contributed by atoms with Crippen LogP contribution in [0.3, 0.4) is 0 Å². The standard InChI is InChI=1S/C22H23N5O/c28-22(23-14-17-8-2-1-3-9-17)18-15-24-27(16-18)13-7-6-12-21-25-19-10-4-5-11-20(19)26-21/h1-5,8-11,15-16H,6-7,12-14H2,(H,23,28)(H,25,26). The van der Waals surface area contributed by atoms with Gasteiger partial charge in [-0.15, -0.1) is 0 Å². The van der Waals surface area contributed by atoms with Crippen molar-refractivity contribution in [1.82, 2.24) is 25.1 Å². The van der Waals surface area contributed by atoms with Gasteiger partial charge in [-0.05, 0) is 30.5 Å². The molecule has 4 aromatic rings. The van der Waals surface area contributed by atoms with Gasteiger partial charge in [0.25, 0.3) is 5.91 Å². The second kappa shape index (κ2) is 8.52. The molecule has 142 valence electrons. The third kappa shape index (κ3) is 4.46. The van der Waals surface area contributed by atoms with Crippen molar-refractivity contribution in [1.29, 1.82) is 0 Å². The molecule has 2 N–H and O–H groups in total. The number of rotatable bonds is 8. The summed E-state index contributed by atoms with van der Waals surface area (Å²) >= 11 is 0. The van der Waals surface area contributed by atoms with Crippen LogP contribution in [-0.4, -0.2) is 25.7 Å². The third-order valence-electron chi connectivity index (χ3n) is 4.68. The van der Waals surface area contributed by atoms with Crippen molar-refractivity contribution >= 4 is 16.9 Å². The van der Waals surface area contributed by atoms with Crippen molar-refractivity contribution in [3.05, 3.63) is 83.9 Å². The number of carbonyl (C=O) groups is 1. The molecule has 0 spiro atoms. The molecule has 28 heavy (non-hydrogen) atoms. The van der Waals surface area contributed by atoms with Crippen LogP contribution in [0.5, 0.6) is 0 Å². The average molecular weight is 373 g/mol. The molecule has 1 amide bonds. The smallest absolute Gasteiger partial charge is 0.254 e. The summed E-state index contributed by atoms with van der Waals surface area (Å²) in [6, 6.07) is 17.9. The number of nitrogens with one attached hydrogen (secondary N) is 2. The predicted octanol–water partition coefficient (Wildman–Crippen LogP) is 3.71. The van der Waals surface area contributed by atoms with Crippen molar-refractivity contribution in [2.24, 2.45) is 0 Å². The Hall–Kier alpha value is -3.41. The number of fused-ring (bicyclic) bond motifs is 1. The first-order valence-electron chi connectivity index (χ1n) is 9.56. The van der Waals surface area contributed by atoms with Gasteiger partial charge in [-0.25, -0.2) is 4.98 Å². The maximum Gasteiger partial charge on any atom is 0.254 e. The molecule has 2 aromatic carbocycles. The van der Waals surface area contributed by atoms with Crippen LogP contribution in [0.1, 0.15) is 34.6 Å². The third-order valence-corrected chi connectivity index (χ3v) is 4.68. The van der Waals surface area contributed by atoms with E-state index in [2.05, 4.69) is 20.4 Å². The number of aromatic amines is 1. The first kappa shape index (κ1) is 18.0. The van der Waals surface area contributed by atoms with Crippen LogP contribution in [0, 0.1) is 0 Å². The van der Waals surface area contributed by atoms with E-state index in [1.807, 2.05) is 65.5 Å². The van der Waals surface area contributed by atoms with Gasteiger partial charge in [0.2, 0.25) is 0 Å². The van der Waals surface area contributed by atoms with Crippen LogP contribution in [0.25, 0.3) is 11.0 Å². The summed E-state index contributed by atoms with van der Waals surface area (Å²) in [5.41, 5.74) is 3.76. The van der Waals surface area contributed by atoms with Crippen LogP contribution in [0.4, 0.5) is 0 Å². The Bertz CT molecular complexity index is 1020. The first-order chi connectivity index (χ1) is 13.8. The van der Waals surface area contributed by atoms with E-state index in [4.69, 9.17) is 0 Å². The zero-order chi connectivity index (χ0) is 19.2. The molecule has 2 aromatic heterocycles. The minimum atomic E-state index is -0.0996. The number of nitrogens with zero attached hydrogens (tertiary/aromatic N) is 3. The van der Waals surface area contributed by atoms with Gasteiger partial charge in [0, 0.05) is 25.7 Å². The summed E-state index contributed by atoms with van der Waals surface area (Å²) in [5, 5.41) is 7.23. The minimum absolute atomic E-state index is 0.0996. The summed E-state index contributed by atoms with van der Waals surface area (Å²) in [4.78, 5) is 20.2. The van der Waals surface area contributed by atoms with E-state index in [1.54, 1.807) is 6.20 Å². The SMILES string of the molecule is O=C(NCc1ccccc1)c1cnn(CCCCc2nc3ccccc3[nH]2)c1. The Balaban J connectivity index is 1.22. The van der Waals surface area contributed by atoms with E-state index < -0.39 is 0 Å². The summed E-state index contributed by atoms with van der Waals surface area (Å²) in [7, 11) is 0. The number of benzene rings is 2. The zero-order valence-electron chi connectivity index (χ0n) is 15.6. The van der Waals surface area contributed by atoms with Crippen molar-refractivity contribution < 1.29 is 4.79 Å². The van der Waals surface area contributed by atoms with Gasteiger partial charge in [0.15, 0.2) is 0 Å². The molecule has 0 saturated heterocycles. The Morgan fingerprint density at radius 1 is 1.04 bits per heavy atom. The van der Waals surface area contributed by atoms with Crippen molar-refractivity contribution in [3.63, 3.8) is 0 Å². The van der Waals surface area contributed by atoms with Gasteiger partial charge in [-0.3, -0.25) is 9.48 Å². The molecule has 0 fully saturated rings. The molecule has 0 atom stereocenters. The quantitative estimate of drug-likeness (QED) is 0.462. The van der Waals surface area contributed by atoms with E-state index in [1.165, 1.54) is 0 Å². The molecular formula is C22H23N5O. The summed E-state index contributed by atoms with van der Waals surface area (Å²) in [5.74, 6) is 0.917. The van der Waals surface area contributed by atoms with Crippen LogP contribution in [-0.2, 0) is 19.5 Å². The van der Waals surface area contributed by atoms with Crippen LogP contribution < -0.4 is 5.32 Å². The lowest BCUT2D eigenvalue weighted by Crippen LogP contribution is -2.22. The van der Waals surface area contributed by atoms with Crippen LogP contribution in [0.15, 0.2) is 67.0 Å². The number of hydrogen-bond acceptors (Lipinski definition) is 3. The van der Waals surface area contributed by atoms with E-state index >= 15 is 0 Å². The fourth-order valence-electron chi connectivity index (χ4n) is 3.17. The normalized spacial score (nSPS) is 11.0. The lowest BCUT2D eigenvalue weighted by atomic mass is 10.2. The number of carbonyl (C=O) groups excluding carboxylic acids is 1. The van der Waals surface area contributed by atoms with E-state index in [0.717, 1.165) is 48.2 Å². The number of aryl methyl sites for hydroxylation is 2. The second-order valence-corrected chi connectivity index (χ2v) is 6.82. The molecule has 0 saturated carbocycles. The average Bonchev–Trinajstić information content (AvgIpc) is 3.37. The topological polar surface area (TPSA) is 75.6 Å². The lowest BCUT2D eigenvalue weighted by molar-refractivity contribution is 0.0951. The van der Waals surface area contributed by atoms with Crippen molar-refractivity contribution in [2.75, 3.05) is 0 Å². The number of imidazole rings is 1. The molecule has 6 nitrogen and oxygen atoms in total. The molecule has 2 heterocycles. The Morgan fingerprint density at radius 2 is 1.86 bits per heavy atom. The first-order valence-corrected chi connectivity index (χ1v) is 9.56. The number of aromatic nitrogens is 4. The molecule has 0 aliphatic rings. The molecule has 0 radical (unpaired) electrons. The van der Waals surface area contributed by atoms with E-state index in [9.17, 15) is 4.79 Å². The van der Waals surface area contributed by atoms with Crippen LogP contribution in [0.2, 0.25) is 0 Å². The largest absolute Gasteiger partial charge is 0.348 e. The highest BCUT2D eigenvalue weighted by molar-refractivity contribution is 5.93. The Labute approximate surface area is 163 Å². The van der Waals surface area contributed by atoms with Gasteiger partial charge >= 0.3 is 0 Å². The highest BCUT2D eigenvalue weighted by Gasteiger charge is 2.08. The molecular weight excluding hydrogens is 350 g/mol. The van der Waals surface area contributed by atoms with Gasteiger partial charge in [0.1, 0.15) is 5.82 Å². The van der Waals surface area contributed by atoms with Crippen LogP contribution >= 0.6 is 0 Å². The summed E-state index contributed by atoms with van der Waals surface area (Å²) < 4.78 is 1.83. The van der Waals surface area contributed by atoms with Gasteiger partial charge in [-0.2, -0.15) is 5.10 Å². The Morgan fingerprint density at radius 3 is 2.71 bits per heavy atom. The fraction of sp³-hybridized carbons (Fsp3) is 0.227. The fourth-order valence-corrected chi connectivity index (χ4v) is 3.17. The molecule has 4 rings (SSSR count). The number of hydrogen-bond donors (Lipinski definition) is 2. The monoisotopic (exact) mass is 373 g/mol. The highest BCUT2D eigenvalue weighted by atomic mass is 16.1. The van der Waals surface area contributed by atoms with Gasteiger partial charge in [0.05, 0.1) is 22.8 Å². The molecule has 0 bridgehead atoms. The zero-order valence-corrected chi connectivity index (χ0v) is 15.6. The van der Waals surface area contributed by atoms with Gasteiger partial charge in [-0.1, -0.05) is 42.5 Å². The molecule has 0 unspecified atom stereocenters. The minimum Gasteiger partial charge on any atom is -0.348 e. The van der Waals surface area contributed by atoms with Gasteiger partial charge < -0.3 is 10.3 Å². The summed E-state index contributed by atoms with van der Waals surface area (Å²) in [6.07, 6.45) is 6.32. The lowest BCUT2D eigenvalue weighted by Gasteiger charge is -2.03. The Kier molecular flexibility index (Phi) is 5.47. The number of H-pyrrole nitrogens is 1. The maximum absolute atomic E-state index is 12.3.